The van der Waals surface area contributed by atoms with E-state index in [0.717, 1.165) is 29.7 Å². The van der Waals surface area contributed by atoms with Gasteiger partial charge < -0.3 is 10.3 Å². The molecule has 1 aromatic rings. The van der Waals surface area contributed by atoms with Crippen LogP contribution in [0, 0.1) is 23.7 Å². The molecule has 2 N–H and O–H groups in total. The second-order valence-electron chi connectivity index (χ2n) is 6.53. The minimum Gasteiger partial charge on any atom is -0.347 e. The molecule has 17 heavy (non-hydrogen) atoms. The first-order chi connectivity index (χ1) is 8.35. The third-order valence-corrected chi connectivity index (χ3v) is 5.57. The van der Waals surface area contributed by atoms with Crippen molar-refractivity contribution < 1.29 is 0 Å². The van der Waals surface area contributed by atoms with Gasteiger partial charge in [-0.15, -0.1) is 0 Å². The topological polar surface area (TPSA) is 30.9 Å². The molecule has 2 nitrogen and oxygen atoms in total. The standard InChI is InChI=1S/C15H22N2/c16-9-14-2-1-3-17(14)15-12-5-10-4-11(7-12)8-13(15)6-10/h1-3,10-13,15H,4-9,16H2. The smallest absolute Gasteiger partial charge is 0.0390 e. The largest absolute Gasteiger partial charge is 0.347 e. The lowest BCUT2D eigenvalue weighted by atomic mass is 9.54. The van der Waals surface area contributed by atoms with E-state index in [2.05, 4.69) is 22.9 Å². The van der Waals surface area contributed by atoms with Gasteiger partial charge in [0.1, 0.15) is 0 Å². The highest BCUT2D eigenvalue weighted by Crippen LogP contribution is 2.58. The van der Waals surface area contributed by atoms with Gasteiger partial charge in [-0.25, -0.2) is 0 Å². The van der Waals surface area contributed by atoms with Crippen LogP contribution in [-0.2, 0) is 6.54 Å². The lowest BCUT2D eigenvalue weighted by Gasteiger charge is -2.55. The molecule has 0 spiro atoms. The predicted molar refractivity (Wildman–Crippen MR) is 68.4 cm³/mol. The number of aromatic nitrogens is 1. The fourth-order valence-electron chi connectivity index (χ4n) is 5.24. The molecule has 0 aromatic carbocycles. The van der Waals surface area contributed by atoms with Gasteiger partial charge in [-0.05, 0) is 67.9 Å². The maximum Gasteiger partial charge on any atom is 0.0390 e. The second kappa shape index (κ2) is 3.61. The Labute approximate surface area is 103 Å². The molecule has 0 unspecified atom stereocenters. The Hall–Kier alpha value is -0.760. The van der Waals surface area contributed by atoms with Crippen LogP contribution >= 0.6 is 0 Å². The molecule has 0 amide bonds. The molecular formula is C15H22N2. The van der Waals surface area contributed by atoms with Crippen molar-refractivity contribution in [2.75, 3.05) is 0 Å². The van der Waals surface area contributed by atoms with Gasteiger partial charge in [-0.1, -0.05) is 0 Å². The molecule has 92 valence electrons. The Morgan fingerprint density at radius 1 is 1.06 bits per heavy atom. The molecule has 0 radical (unpaired) electrons. The molecule has 0 atom stereocenters. The Kier molecular flexibility index (Phi) is 2.17. The SMILES string of the molecule is NCc1cccn1C1C2CC3CC(C2)CC1C3. The minimum absolute atomic E-state index is 0.690. The predicted octanol–water partition coefficient (Wildman–Crippen LogP) is 2.94. The summed E-state index contributed by atoms with van der Waals surface area (Å²) < 4.78 is 2.52. The van der Waals surface area contributed by atoms with Crippen molar-refractivity contribution in [3.05, 3.63) is 24.0 Å². The lowest BCUT2D eigenvalue weighted by molar-refractivity contribution is -0.0298. The Balaban J connectivity index is 1.70. The van der Waals surface area contributed by atoms with Gasteiger partial charge in [0, 0.05) is 24.5 Å². The second-order valence-corrected chi connectivity index (χ2v) is 6.53. The van der Waals surface area contributed by atoms with E-state index < -0.39 is 0 Å². The van der Waals surface area contributed by atoms with Gasteiger partial charge in [0.2, 0.25) is 0 Å². The van der Waals surface area contributed by atoms with Crippen molar-refractivity contribution in [1.29, 1.82) is 0 Å². The lowest BCUT2D eigenvalue weighted by Crippen LogP contribution is -2.46. The molecule has 1 heterocycles. The van der Waals surface area contributed by atoms with Gasteiger partial charge in [0.15, 0.2) is 0 Å². The Bertz CT molecular complexity index is 392. The fourth-order valence-corrected chi connectivity index (χ4v) is 5.24. The van der Waals surface area contributed by atoms with Crippen LogP contribution in [0.4, 0.5) is 0 Å². The first-order valence-electron chi connectivity index (χ1n) is 7.21. The molecule has 4 aliphatic carbocycles. The van der Waals surface area contributed by atoms with E-state index in [1.165, 1.54) is 37.8 Å². The van der Waals surface area contributed by atoms with Gasteiger partial charge in [0.05, 0.1) is 0 Å². The van der Waals surface area contributed by atoms with Gasteiger partial charge in [-0.2, -0.15) is 0 Å². The Morgan fingerprint density at radius 2 is 1.71 bits per heavy atom. The molecule has 0 aliphatic heterocycles. The van der Waals surface area contributed by atoms with Crippen LogP contribution in [0.3, 0.4) is 0 Å². The molecule has 5 rings (SSSR count). The molecule has 4 saturated carbocycles. The maximum absolute atomic E-state index is 5.87. The molecule has 4 bridgehead atoms. The summed E-state index contributed by atoms with van der Waals surface area (Å²) in [6.07, 6.45) is 9.75. The highest BCUT2D eigenvalue weighted by molar-refractivity contribution is 5.12. The number of hydrogen-bond acceptors (Lipinski definition) is 1. The van der Waals surface area contributed by atoms with Gasteiger partial charge >= 0.3 is 0 Å². The summed E-state index contributed by atoms with van der Waals surface area (Å²) in [4.78, 5) is 0. The summed E-state index contributed by atoms with van der Waals surface area (Å²) in [7, 11) is 0. The first-order valence-corrected chi connectivity index (χ1v) is 7.21. The highest BCUT2D eigenvalue weighted by atomic mass is 15.0. The summed E-state index contributed by atoms with van der Waals surface area (Å²) in [5.74, 6) is 4.02. The van der Waals surface area contributed by atoms with Crippen molar-refractivity contribution in [1.82, 2.24) is 4.57 Å². The van der Waals surface area contributed by atoms with Crippen molar-refractivity contribution in [3.8, 4) is 0 Å². The van der Waals surface area contributed by atoms with E-state index in [1.807, 2.05) is 0 Å². The average molecular weight is 230 g/mol. The first kappa shape index (κ1) is 10.2. The normalized spacial score (nSPS) is 43.2. The van der Waals surface area contributed by atoms with Crippen LogP contribution < -0.4 is 5.73 Å². The Morgan fingerprint density at radius 3 is 2.29 bits per heavy atom. The van der Waals surface area contributed by atoms with Gasteiger partial charge in [-0.3, -0.25) is 0 Å². The summed E-state index contributed by atoms with van der Waals surface area (Å²) >= 11 is 0. The van der Waals surface area contributed by atoms with Crippen LogP contribution in [0.15, 0.2) is 18.3 Å². The zero-order valence-corrected chi connectivity index (χ0v) is 10.4. The van der Waals surface area contributed by atoms with Crippen molar-refractivity contribution in [2.45, 2.75) is 44.7 Å². The van der Waals surface area contributed by atoms with Crippen molar-refractivity contribution in [2.24, 2.45) is 29.4 Å². The summed E-state index contributed by atoms with van der Waals surface area (Å²) in [5.41, 5.74) is 7.20. The number of rotatable bonds is 2. The van der Waals surface area contributed by atoms with Crippen molar-refractivity contribution in [3.63, 3.8) is 0 Å². The van der Waals surface area contributed by atoms with Crippen LogP contribution in [0.1, 0.15) is 43.8 Å². The molecule has 4 aliphatic rings. The molecular weight excluding hydrogens is 208 g/mol. The van der Waals surface area contributed by atoms with Gasteiger partial charge in [0.25, 0.3) is 0 Å². The highest BCUT2D eigenvalue weighted by Gasteiger charge is 2.48. The summed E-state index contributed by atoms with van der Waals surface area (Å²) in [5, 5.41) is 0. The number of hydrogen-bond donors (Lipinski definition) is 1. The van der Waals surface area contributed by atoms with Crippen LogP contribution in [-0.4, -0.2) is 4.57 Å². The number of nitrogens with zero attached hydrogens (tertiary/aromatic N) is 1. The fraction of sp³-hybridized carbons (Fsp3) is 0.733. The van der Waals surface area contributed by atoms with E-state index in [4.69, 9.17) is 5.73 Å². The van der Waals surface area contributed by atoms with E-state index >= 15 is 0 Å². The zero-order valence-electron chi connectivity index (χ0n) is 10.4. The van der Waals surface area contributed by atoms with Crippen LogP contribution in [0.5, 0.6) is 0 Å². The molecule has 2 heteroatoms. The summed E-state index contributed by atoms with van der Waals surface area (Å²) in [6.45, 7) is 0.690. The monoisotopic (exact) mass is 230 g/mol. The minimum atomic E-state index is 0.690. The van der Waals surface area contributed by atoms with Crippen LogP contribution in [0.25, 0.3) is 0 Å². The van der Waals surface area contributed by atoms with Crippen LogP contribution in [0.2, 0.25) is 0 Å². The van der Waals surface area contributed by atoms with E-state index in [0.29, 0.717) is 6.54 Å². The zero-order chi connectivity index (χ0) is 11.4. The third-order valence-electron chi connectivity index (χ3n) is 5.57. The molecule has 1 aromatic heterocycles. The molecule has 0 saturated heterocycles. The summed E-state index contributed by atoms with van der Waals surface area (Å²) in [6, 6.07) is 5.15. The van der Waals surface area contributed by atoms with E-state index in [9.17, 15) is 0 Å². The quantitative estimate of drug-likeness (QED) is 0.832. The van der Waals surface area contributed by atoms with E-state index in [-0.39, 0.29) is 0 Å². The maximum atomic E-state index is 5.87. The molecule has 4 fully saturated rings. The van der Waals surface area contributed by atoms with Crippen molar-refractivity contribution >= 4 is 0 Å². The average Bonchev–Trinajstić information content (AvgIpc) is 2.75. The van der Waals surface area contributed by atoms with E-state index in [1.54, 1.807) is 0 Å². The third kappa shape index (κ3) is 1.43. The number of nitrogens with two attached hydrogens (primary N) is 1.